The summed E-state index contributed by atoms with van der Waals surface area (Å²) in [6, 6.07) is 6.35. The molecule has 0 radical (unpaired) electrons. The van der Waals surface area contributed by atoms with Gasteiger partial charge in [-0.15, -0.1) is 12.4 Å². The molecule has 1 aliphatic heterocycles. The van der Waals surface area contributed by atoms with Crippen LogP contribution < -0.4 is 15.4 Å². The number of hydrogen-bond acceptors (Lipinski definition) is 5. The van der Waals surface area contributed by atoms with E-state index in [1.54, 1.807) is 0 Å². The summed E-state index contributed by atoms with van der Waals surface area (Å²) < 4.78 is 31.6. The van der Waals surface area contributed by atoms with Crippen molar-refractivity contribution in [3.63, 3.8) is 0 Å². The highest BCUT2D eigenvalue weighted by Gasteiger charge is 2.25. The Kier molecular flexibility index (Phi) is 7.56. The average Bonchev–Trinajstić information content (AvgIpc) is 2.61. The number of carbonyl (C=O) groups is 1. The first-order valence-electron chi connectivity index (χ1n) is 8.56. The lowest BCUT2D eigenvalue weighted by Gasteiger charge is -2.23. The summed E-state index contributed by atoms with van der Waals surface area (Å²) in [6.07, 6.45) is 0.221. The zero-order valence-corrected chi connectivity index (χ0v) is 15.7. The van der Waals surface area contributed by atoms with Crippen LogP contribution in [0.15, 0.2) is 30.3 Å². The molecule has 0 spiro atoms. The van der Waals surface area contributed by atoms with Crippen LogP contribution in [-0.4, -0.2) is 35.8 Å². The second-order valence-corrected chi connectivity index (χ2v) is 6.32. The first kappa shape index (κ1) is 21.9. The van der Waals surface area contributed by atoms with Crippen LogP contribution in [0, 0.1) is 11.6 Å². The molecule has 152 valence electrons. The van der Waals surface area contributed by atoms with Crippen molar-refractivity contribution >= 4 is 24.0 Å². The van der Waals surface area contributed by atoms with Crippen molar-refractivity contribution < 1.29 is 28.5 Å². The third kappa shape index (κ3) is 5.31. The third-order valence-electron chi connectivity index (χ3n) is 4.22. The molecule has 1 heterocycles. The Morgan fingerprint density at radius 2 is 1.93 bits per heavy atom. The van der Waals surface area contributed by atoms with Crippen LogP contribution in [0.5, 0.6) is 11.5 Å². The molecule has 0 saturated carbocycles. The van der Waals surface area contributed by atoms with E-state index < -0.39 is 17.7 Å². The third-order valence-corrected chi connectivity index (χ3v) is 4.22. The van der Waals surface area contributed by atoms with E-state index in [1.165, 1.54) is 24.3 Å². The number of rotatable bonds is 7. The van der Waals surface area contributed by atoms with E-state index in [9.17, 15) is 23.8 Å². The molecule has 0 aliphatic carbocycles. The molecule has 28 heavy (non-hydrogen) atoms. The Morgan fingerprint density at radius 1 is 1.21 bits per heavy atom. The van der Waals surface area contributed by atoms with Crippen LogP contribution >= 0.6 is 12.4 Å². The quantitative estimate of drug-likeness (QED) is 0.413. The number of aromatic hydroxyl groups is 1. The molecule has 9 heteroatoms. The molecular formula is C19H21ClF2N2O4. The van der Waals surface area contributed by atoms with Gasteiger partial charge in [-0.2, -0.15) is 0 Å². The minimum Gasteiger partial charge on any atom is -0.506 e. The SMILES string of the molecule is Cl.O=C1COc2c(C(O)CNCCCc3cc(F)cc(F)c3)ccc(O)c2N1. The summed E-state index contributed by atoms with van der Waals surface area (Å²) >= 11 is 0. The van der Waals surface area contributed by atoms with Crippen LogP contribution in [0.25, 0.3) is 0 Å². The van der Waals surface area contributed by atoms with Crippen LogP contribution in [-0.2, 0) is 11.2 Å². The van der Waals surface area contributed by atoms with Crippen molar-refractivity contribution in [2.75, 3.05) is 25.0 Å². The van der Waals surface area contributed by atoms with Crippen LogP contribution in [0.4, 0.5) is 14.5 Å². The minimum atomic E-state index is -0.916. The van der Waals surface area contributed by atoms with Gasteiger partial charge < -0.3 is 25.6 Å². The number of ether oxygens (including phenoxy) is 1. The lowest BCUT2D eigenvalue weighted by molar-refractivity contribution is -0.118. The van der Waals surface area contributed by atoms with Crippen LogP contribution in [0.3, 0.4) is 0 Å². The molecule has 1 unspecified atom stereocenters. The Hall–Kier alpha value is -2.42. The maximum Gasteiger partial charge on any atom is 0.262 e. The van der Waals surface area contributed by atoms with E-state index in [0.717, 1.165) is 6.07 Å². The Balaban J connectivity index is 0.00000280. The van der Waals surface area contributed by atoms with E-state index in [0.29, 0.717) is 30.5 Å². The zero-order valence-electron chi connectivity index (χ0n) is 14.9. The van der Waals surface area contributed by atoms with Crippen molar-refractivity contribution in [1.29, 1.82) is 0 Å². The molecule has 6 nitrogen and oxygen atoms in total. The maximum absolute atomic E-state index is 13.1. The van der Waals surface area contributed by atoms with Gasteiger partial charge in [-0.25, -0.2) is 8.78 Å². The standard InChI is InChI=1S/C19H20F2N2O4.ClH/c20-12-6-11(7-13(21)8-12)2-1-5-22-9-16(25)14-3-4-15(24)18-19(14)27-10-17(26)23-18;/h3-4,6-8,16,22,24-25H,1-2,5,9-10H2,(H,23,26);1H. The van der Waals surface area contributed by atoms with Gasteiger partial charge in [-0.3, -0.25) is 4.79 Å². The highest BCUT2D eigenvalue weighted by molar-refractivity contribution is 5.97. The second-order valence-electron chi connectivity index (χ2n) is 6.32. The molecule has 0 bridgehead atoms. The number of aliphatic hydroxyl groups is 1. The lowest BCUT2D eigenvalue weighted by Crippen LogP contribution is -2.28. The molecule has 0 aromatic heterocycles. The summed E-state index contributed by atoms with van der Waals surface area (Å²) in [4.78, 5) is 11.4. The molecule has 3 rings (SSSR count). The van der Waals surface area contributed by atoms with E-state index in [-0.39, 0.29) is 48.7 Å². The highest BCUT2D eigenvalue weighted by Crippen LogP contribution is 2.41. The Bertz CT molecular complexity index is 831. The van der Waals surface area contributed by atoms with Gasteiger partial charge in [0.1, 0.15) is 23.1 Å². The number of aliphatic hydroxyl groups excluding tert-OH is 1. The molecule has 2 aromatic rings. The van der Waals surface area contributed by atoms with Crippen LogP contribution in [0.2, 0.25) is 0 Å². The van der Waals surface area contributed by atoms with Crippen molar-refractivity contribution in [1.82, 2.24) is 5.32 Å². The maximum atomic E-state index is 13.1. The number of phenolic OH excluding ortho intramolecular Hbond substituents is 1. The van der Waals surface area contributed by atoms with Gasteiger partial charge in [0.2, 0.25) is 0 Å². The van der Waals surface area contributed by atoms with E-state index in [4.69, 9.17) is 4.74 Å². The predicted octanol–water partition coefficient (Wildman–Crippen LogP) is 2.68. The number of aryl methyl sites for hydroxylation is 1. The molecule has 1 atom stereocenters. The van der Waals surface area contributed by atoms with Crippen LogP contribution in [0.1, 0.15) is 23.7 Å². The fourth-order valence-corrected chi connectivity index (χ4v) is 2.96. The molecule has 4 N–H and O–H groups in total. The number of nitrogens with one attached hydrogen (secondary N) is 2. The minimum absolute atomic E-state index is 0. The lowest BCUT2D eigenvalue weighted by atomic mass is 10.0. The topological polar surface area (TPSA) is 90.8 Å². The molecule has 0 saturated heterocycles. The van der Waals surface area contributed by atoms with Crippen molar-refractivity contribution in [3.05, 3.63) is 53.1 Å². The van der Waals surface area contributed by atoms with Crippen molar-refractivity contribution in [2.24, 2.45) is 0 Å². The first-order valence-corrected chi connectivity index (χ1v) is 8.56. The summed E-state index contributed by atoms with van der Waals surface area (Å²) in [5.41, 5.74) is 1.17. The molecule has 1 amide bonds. The number of carbonyl (C=O) groups excluding carboxylic acids is 1. The second kappa shape index (κ2) is 9.68. The van der Waals surface area contributed by atoms with Gasteiger partial charge in [0, 0.05) is 18.2 Å². The molecule has 1 aliphatic rings. The van der Waals surface area contributed by atoms with E-state index >= 15 is 0 Å². The van der Waals surface area contributed by atoms with Gasteiger partial charge >= 0.3 is 0 Å². The number of hydrogen-bond donors (Lipinski definition) is 4. The highest BCUT2D eigenvalue weighted by atomic mass is 35.5. The largest absolute Gasteiger partial charge is 0.506 e. The fourth-order valence-electron chi connectivity index (χ4n) is 2.96. The number of phenols is 1. The Morgan fingerprint density at radius 3 is 2.64 bits per heavy atom. The van der Waals surface area contributed by atoms with Crippen molar-refractivity contribution in [2.45, 2.75) is 18.9 Å². The molecule has 2 aromatic carbocycles. The number of halogens is 3. The summed E-state index contributed by atoms with van der Waals surface area (Å²) in [5, 5.41) is 25.8. The molecular weight excluding hydrogens is 394 g/mol. The summed E-state index contributed by atoms with van der Waals surface area (Å²) in [6.45, 7) is 0.562. The smallest absolute Gasteiger partial charge is 0.262 e. The number of benzene rings is 2. The number of anilines is 1. The zero-order chi connectivity index (χ0) is 19.4. The number of fused-ring (bicyclic) bond motifs is 1. The number of amides is 1. The average molecular weight is 415 g/mol. The van der Waals surface area contributed by atoms with E-state index in [1.807, 2.05) is 0 Å². The van der Waals surface area contributed by atoms with Crippen molar-refractivity contribution in [3.8, 4) is 11.5 Å². The monoisotopic (exact) mass is 414 g/mol. The van der Waals surface area contributed by atoms with Gasteiger partial charge in [0.25, 0.3) is 5.91 Å². The fraction of sp³-hybridized carbons (Fsp3) is 0.316. The van der Waals surface area contributed by atoms with E-state index in [2.05, 4.69) is 10.6 Å². The first-order chi connectivity index (χ1) is 12.9. The normalized spacial score (nSPS) is 13.8. The van der Waals surface area contributed by atoms with Gasteiger partial charge in [0.05, 0.1) is 6.10 Å². The summed E-state index contributed by atoms with van der Waals surface area (Å²) in [5.74, 6) is -1.46. The molecule has 0 fully saturated rings. The predicted molar refractivity (Wildman–Crippen MR) is 102 cm³/mol. The van der Waals surface area contributed by atoms with Gasteiger partial charge in [-0.1, -0.05) is 0 Å². The van der Waals surface area contributed by atoms with Gasteiger partial charge in [-0.05, 0) is 49.2 Å². The Labute approximate surface area is 166 Å². The van der Waals surface area contributed by atoms with Gasteiger partial charge in [0.15, 0.2) is 12.4 Å². The summed E-state index contributed by atoms with van der Waals surface area (Å²) in [7, 11) is 0.